The van der Waals surface area contributed by atoms with Gasteiger partial charge >= 0.3 is 0 Å². The Morgan fingerprint density at radius 2 is 2.21 bits per heavy atom. The fourth-order valence-electron chi connectivity index (χ4n) is 1.02. The summed E-state index contributed by atoms with van der Waals surface area (Å²) >= 11 is 2.94. The molecule has 1 aromatic heterocycles. The highest BCUT2D eigenvalue weighted by molar-refractivity contribution is 9.08. The highest BCUT2D eigenvalue weighted by atomic mass is 79.9. The molecule has 0 radical (unpaired) electrons. The minimum Gasteiger partial charge on any atom is -0.296 e. The van der Waals surface area contributed by atoms with Gasteiger partial charge in [-0.3, -0.25) is 4.79 Å². The molecule has 0 fully saturated rings. The van der Waals surface area contributed by atoms with Crippen LogP contribution in [0.4, 0.5) is 13.2 Å². The maximum absolute atomic E-state index is 12.7. The molecular formula is C8H5BrF3NO. The normalized spacial score (nSPS) is 10.6. The fourth-order valence-corrected chi connectivity index (χ4v) is 1.63. The second-order valence-electron chi connectivity index (χ2n) is 2.45. The van der Waals surface area contributed by atoms with Crippen LogP contribution in [-0.2, 0) is 5.33 Å². The lowest BCUT2D eigenvalue weighted by Crippen LogP contribution is -2.03. The lowest BCUT2D eigenvalue weighted by molar-refractivity contribution is 0.111. The number of hydrogen-bond donors (Lipinski definition) is 0. The second kappa shape index (κ2) is 4.54. The molecule has 76 valence electrons. The van der Waals surface area contributed by atoms with Crippen LogP contribution in [0.2, 0.25) is 0 Å². The summed E-state index contributed by atoms with van der Waals surface area (Å²) in [6.07, 6.45) is -2.57. The Bertz CT molecular complexity index is 357. The predicted octanol–water partition coefficient (Wildman–Crippen LogP) is 2.87. The Labute approximate surface area is 86.3 Å². The number of hydrogen-bond acceptors (Lipinski definition) is 2. The molecule has 0 saturated carbocycles. The summed E-state index contributed by atoms with van der Waals surface area (Å²) in [7, 11) is 0. The van der Waals surface area contributed by atoms with E-state index in [-0.39, 0.29) is 22.9 Å². The van der Waals surface area contributed by atoms with E-state index >= 15 is 0 Å². The number of rotatable bonds is 3. The minimum atomic E-state index is -2.82. The van der Waals surface area contributed by atoms with Crippen molar-refractivity contribution in [1.29, 1.82) is 0 Å². The van der Waals surface area contributed by atoms with Crippen LogP contribution in [0.5, 0.6) is 0 Å². The van der Waals surface area contributed by atoms with Gasteiger partial charge in [0.05, 0.1) is 0 Å². The largest absolute Gasteiger partial charge is 0.296 e. The summed E-state index contributed by atoms with van der Waals surface area (Å²) in [4.78, 5) is 13.6. The van der Waals surface area contributed by atoms with Crippen molar-refractivity contribution in [2.75, 3.05) is 0 Å². The highest BCUT2D eigenvalue weighted by Gasteiger charge is 2.18. The van der Waals surface area contributed by atoms with E-state index in [9.17, 15) is 18.0 Å². The molecule has 0 saturated heterocycles. The molecule has 0 aromatic carbocycles. The molecule has 0 amide bonds. The smallest absolute Gasteiger partial charge is 0.264 e. The van der Waals surface area contributed by atoms with E-state index in [2.05, 4.69) is 20.9 Å². The number of halogens is 4. The number of aldehydes is 1. The van der Waals surface area contributed by atoms with Crippen LogP contribution in [0.15, 0.2) is 6.07 Å². The summed E-state index contributed by atoms with van der Waals surface area (Å²) < 4.78 is 37.4. The Morgan fingerprint density at radius 3 is 2.64 bits per heavy atom. The summed E-state index contributed by atoms with van der Waals surface area (Å²) in [5.41, 5.74) is -0.773. The van der Waals surface area contributed by atoms with Crippen LogP contribution in [0.25, 0.3) is 0 Å². The molecule has 14 heavy (non-hydrogen) atoms. The van der Waals surface area contributed by atoms with Gasteiger partial charge in [-0.25, -0.2) is 13.8 Å². The van der Waals surface area contributed by atoms with E-state index in [0.717, 1.165) is 0 Å². The van der Waals surface area contributed by atoms with Crippen molar-refractivity contribution in [3.05, 3.63) is 28.8 Å². The van der Waals surface area contributed by atoms with Crippen molar-refractivity contribution < 1.29 is 18.0 Å². The number of carbonyl (C=O) groups excluding carboxylic acids is 1. The van der Waals surface area contributed by atoms with Crippen molar-refractivity contribution in [3.63, 3.8) is 0 Å². The van der Waals surface area contributed by atoms with E-state index in [0.29, 0.717) is 6.07 Å². The minimum absolute atomic E-state index is 0.0244. The van der Waals surface area contributed by atoms with Crippen molar-refractivity contribution in [3.8, 4) is 0 Å². The van der Waals surface area contributed by atoms with E-state index in [1.807, 2.05) is 0 Å². The fraction of sp³-hybridized carbons (Fsp3) is 0.250. The quantitative estimate of drug-likeness (QED) is 0.479. The van der Waals surface area contributed by atoms with Gasteiger partial charge in [0.1, 0.15) is 5.69 Å². The van der Waals surface area contributed by atoms with Gasteiger partial charge in [-0.1, -0.05) is 15.9 Å². The highest BCUT2D eigenvalue weighted by Crippen LogP contribution is 2.26. The number of carbonyl (C=O) groups is 1. The zero-order valence-corrected chi connectivity index (χ0v) is 8.39. The zero-order valence-electron chi connectivity index (χ0n) is 6.81. The summed E-state index contributed by atoms with van der Waals surface area (Å²) in [5.74, 6) is -1.08. The van der Waals surface area contributed by atoms with Crippen molar-refractivity contribution in [2.45, 2.75) is 11.8 Å². The molecule has 0 unspecified atom stereocenters. The average molecular weight is 268 g/mol. The van der Waals surface area contributed by atoms with Crippen LogP contribution < -0.4 is 0 Å². The van der Waals surface area contributed by atoms with E-state index in [1.165, 1.54) is 0 Å². The first-order valence-electron chi connectivity index (χ1n) is 3.58. The topological polar surface area (TPSA) is 30.0 Å². The second-order valence-corrected chi connectivity index (χ2v) is 3.01. The Kier molecular flexibility index (Phi) is 3.62. The van der Waals surface area contributed by atoms with Crippen molar-refractivity contribution >= 4 is 22.2 Å². The Hall–Kier alpha value is -0.910. The van der Waals surface area contributed by atoms with Crippen LogP contribution >= 0.6 is 15.9 Å². The van der Waals surface area contributed by atoms with Gasteiger partial charge in [0.15, 0.2) is 6.29 Å². The van der Waals surface area contributed by atoms with E-state index in [4.69, 9.17) is 0 Å². The Morgan fingerprint density at radius 1 is 1.57 bits per heavy atom. The third-order valence-electron chi connectivity index (χ3n) is 1.64. The molecule has 0 bridgehead atoms. The number of alkyl halides is 3. The molecule has 0 atom stereocenters. The lowest BCUT2D eigenvalue weighted by Gasteiger charge is -2.07. The van der Waals surface area contributed by atoms with Gasteiger partial charge in [-0.2, -0.15) is 4.39 Å². The third kappa shape index (κ3) is 2.12. The molecule has 0 N–H and O–H groups in total. The molecule has 2 nitrogen and oxygen atoms in total. The number of pyridine rings is 1. The summed E-state index contributed by atoms with van der Waals surface area (Å²) in [6.45, 7) is 0. The first kappa shape index (κ1) is 11.2. The zero-order chi connectivity index (χ0) is 10.7. The molecule has 0 aliphatic rings. The predicted molar refractivity (Wildman–Crippen MR) is 47.2 cm³/mol. The number of nitrogens with zero attached hydrogens (tertiary/aromatic N) is 1. The van der Waals surface area contributed by atoms with Gasteiger partial charge in [0.2, 0.25) is 5.95 Å². The van der Waals surface area contributed by atoms with Crippen molar-refractivity contribution in [1.82, 2.24) is 4.98 Å². The molecule has 1 heterocycles. The molecule has 0 spiro atoms. The summed E-state index contributed by atoms with van der Waals surface area (Å²) in [5, 5.41) is 0.0357. The van der Waals surface area contributed by atoms with Gasteiger partial charge in [0, 0.05) is 22.5 Å². The lowest BCUT2D eigenvalue weighted by atomic mass is 10.1. The van der Waals surface area contributed by atoms with Crippen LogP contribution in [0.3, 0.4) is 0 Å². The maximum atomic E-state index is 12.7. The van der Waals surface area contributed by atoms with Gasteiger partial charge in [-0.15, -0.1) is 0 Å². The average Bonchev–Trinajstić information content (AvgIpc) is 2.16. The molecule has 6 heteroatoms. The van der Waals surface area contributed by atoms with Crippen LogP contribution in [-0.4, -0.2) is 11.3 Å². The van der Waals surface area contributed by atoms with Crippen LogP contribution in [0.1, 0.15) is 28.0 Å². The standard InChI is InChI=1S/C8H5BrF3NO/c9-2-5-4(8(11)12)1-7(10)13-6(5)3-14/h1,3,8H,2H2. The van der Waals surface area contributed by atoms with E-state index in [1.54, 1.807) is 0 Å². The molecule has 0 aliphatic carbocycles. The van der Waals surface area contributed by atoms with Gasteiger partial charge in [-0.05, 0) is 0 Å². The molecule has 1 aromatic rings. The number of aromatic nitrogens is 1. The third-order valence-corrected chi connectivity index (χ3v) is 2.20. The molecule has 1 rings (SSSR count). The van der Waals surface area contributed by atoms with Crippen LogP contribution in [0, 0.1) is 5.95 Å². The SMILES string of the molecule is O=Cc1nc(F)cc(C(F)F)c1CBr. The molecule has 0 aliphatic heterocycles. The molecular weight excluding hydrogens is 263 g/mol. The maximum Gasteiger partial charge on any atom is 0.264 e. The summed E-state index contributed by atoms with van der Waals surface area (Å²) in [6, 6.07) is 0.633. The Balaban J connectivity index is 3.39. The van der Waals surface area contributed by atoms with E-state index < -0.39 is 17.9 Å². The first-order chi connectivity index (χ1) is 6.60. The first-order valence-corrected chi connectivity index (χ1v) is 4.71. The van der Waals surface area contributed by atoms with Gasteiger partial charge < -0.3 is 0 Å². The van der Waals surface area contributed by atoms with Gasteiger partial charge in [0.25, 0.3) is 6.43 Å². The van der Waals surface area contributed by atoms with Crippen molar-refractivity contribution in [2.24, 2.45) is 0 Å². The monoisotopic (exact) mass is 267 g/mol.